The number of nitrogens with zero attached hydrogens (tertiary/aromatic N) is 2. The highest BCUT2D eigenvalue weighted by Gasteiger charge is 2.31. The first kappa shape index (κ1) is 21.1. The third-order valence-electron chi connectivity index (χ3n) is 4.49. The fourth-order valence-corrected chi connectivity index (χ4v) is 4.76. The van der Waals surface area contributed by atoms with Gasteiger partial charge < -0.3 is 10.2 Å². The maximum Gasteiger partial charge on any atom is 0.267 e. The molecule has 28 heavy (non-hydrogen) atoms. The Morgan fingerprint density at radius 2 is 1.82 bits per heavy atom. The molecule has 0 spiro atoms. The predicted molar refractivity (Wildman–Crippen MR) is 133 cm³/mol. The third-order valence-corrected chi connectivity index (χ3v) is 6.81. The van der Waals surface area contributed by atoms with Crippen LogP contribution < -0.4 is 10.2 Å². The largest absolute Gasteiger partial charge is 0.372 e. The summed E-state index contributed by atoms with van der Waals surface area (Å²) < 4.78 is 1.68. The second-order valence-corrected chi connectivity index (χ2v) is 9.03. The van der Waals surface area contributed by atoms with Gasteiger partial charge in [-0.1, -0.05) is 48.2 Å². The molecule has 0 saturated carbocycles. The molecule has 0 atom stereocenters. The van der Waals surface area contributed by atoms with E-state index in [1.54, 1.807) is 4.90 Å². The van der Waals surface area contributed by atoms with E-state index in [0.29, 0.717) is 15.9 Å². The Labute approximate surface area is 189 Å². The lowest BCUT2D eigenvalue weighted by atomic mass is 10.1. The van der Waals surface area contributed by atoms with E-state index >= 15 is 0 Å². The Morgan fingerprint density at radius 3 is 2.46 bits per heavy atom. The van der Waals surface area contributed by atoms with Crippen LogP contribution in [0.25, 0.3) is 6.08 Å². The van der Waals surface area contributed by atoms with E-state index in [2.05, 4.69) is 58.8 Å². The van der Waals surface area contributed by atoms with Gasteiger partial charge >= 0.3 is 0 Å². The van der Waals surface area contributed by atoms with Crippen LogP contribution in [0, 0.1) is 3.57 Å². The zero-order valence-corrected chi connectivity index (χ0v) is 19.6. The van der Waals surface area contributed by atoms with Gasteiger partial charge in [0.2, 0.25) is 0 Å². The minimum atomic E-state index is -0.0544. The van der Waals surface area contributed by atoms with Gasteiger partial charge in [-0.05, 0) is 72.3 Å². The molecule has 1 amide bonds. The normalized spacial score (nSPS) is 15.4. The van der Waals surface area contributed by atoms with Gasteiger partial charge in [0, 0.05) is 28.0 Å². The highest BCUT2D eigenvalue weighted by molar-refractivity contribution is 14.1. The monoisotopic (exact) mass is 523 g/mol. The van der Waals surface area contributed by atoms with E-state index in [4.69, 9.17) is 12.2 Å². The highest BCUT2D eigenvalue weighted by atomic mass is 127. The van der Waals surface area contributed by atoms with Crippen molar-refractivity contribution < 1.29 is 4.79 Å². The summed E-state index contributed by atoms with van der Waals surface area (Å²) in [7, 11) is 0. The zero-order chi connectivity index (χ0) is 20.1. The molecule has 146 valence electrons. The number of hydrogen-bond acceptors (Lipinski definition) is 5. The SMILES string of the molecule is CCN(CC)c1ccc(C=C2SC(=S)N(CNc3ccccc3I)C2=O)cc1. The number of thioether (sulfide) groups is 1. The van der Waals surface area contributed by atoms with Crippen LogP contribution in [0.15, 0.2) is 53.4 Å². The molecule has 0 unspecified atom stereocenters. The molecule has 1 fully saturated rings. The summed E-state index contributed by atoms with van der Waals surface area (Å²) in [5.41, 5.74) is 3.19. The molecule has 1 aliphatic heterocycles. The smallest absolute Gasteiger partial charge is 0.267 e. The Hall–Kier alpha value is -1.58. The van der Waals surface area contributed by atoms with E-state index in [1.165, 1.54) is 17.4 Å². The number of carbonyl (C=O) groups excluding carboxylic acids is 1. The summed E-state index contributed by atoms with van der Waals surface area (Å²) in [5.74, 6) is -0.0544. The number of hydrogen-bond donors (Lipinski definition) is 1. The van der Waals surface area contributed by atoms with E-state index in [1.807, 2.05) is 42.5 Å². The van der Waals surface area contributed by atoms with Crippen molar-refractivity contribution in [2.24, 2.45) is 0 Å². The van der Waals surface area contributed by atoms with Crippen molar-refractivity contribution in [3.05, 3.63) is 62.6 Å². The van der Waals surface area contributed by atoms with Gasteiger partial charge in [0.1, 0.15) is 4.32 Å². The number of halogens is 1. The molecule has 0 aliphatic carbocycles. The van der Waals surface area contributed by atoms with Crippen LogP contribution in [0.2, 0.25) is 0 Å². The molecular formula is C21H22IN3OS2. The summed E-state index contributed by atoms with van der Waals surface area (Å²) in [6.07, 6.45) is 1.91. The molecular weight excluding hydrogens is 501 g/mol. The third kappa shape index (κ3) is 4.87. The van der Waals surface area contributed by atoms with Gasteiger partial charge in [-0.2, -0.15) is 0 Å². The summed E-state index contributed by atoms with van der Waals surface area (Å²) in [6.45, 7) is 6.60. The average molecular weight is 523 g/mol. The molecule has 7 heteroatoms. The summed E-state index contributed by atoms with van der Waals surface area (Å²) in [6, 6.07) is 16.3. The first-order chi connectivity index (χ1) is 13.5. The number of thiocarbonyl (C=S) groups is 1. The molecule has 0 radical (unpaired) electrons. The van der Waals surface area contributed by atoms with Crippen LogP contribution >= 0.6 is 46.6 Å². The summed E-state index contributed by atoms with van der Waals surface area (Å²) in [5, 5.41) is 3.30. The average Bonchev–Trinajstić information content (AvgIpc) is 2.96. The van der Waals surface area contributed by atoms with Gasteiger partial charge in [0.15, 0.2) is 0 Å². The molecule has 4 nitrogen and oxygen atoms in total. The van der Waals surface area contributed by atoms with E-state index < -0.39 is 0 Å². The second kappa shape index (κ2) is 9.76. The van der Waals surface area contributed by atoms with Crippen molar-refractivity contribution in [3.63, 3.8) is 0 Å². The van der Waals surface area contributed by atoms with Crippen molar-refractivity contribution in [2.45, 2.75) is 13.8 Å². The number of rotatable bonds is 7. The summed E-state index contributed by atoms with van der Waals surface area (Å²) >= 11 is 9.05. The fraction of sp³-hybridized carbons (Fsp3) is 0.238. The molecule has 0 aromatic heterocycles. The number of benzene rings is 2. The van der Waals surface area contributed by atoms with E-state index in [-0.39, 0.29) is 5.91 Å². The van der Waals surface area contributed by atoms with Gasteiger partial charge in [-0.3, -0.25) is 9.69 Å². The lowest BCUT2D eigenvalue weighted by Gasteiger charge is -2.20. The van der Waals surface area contributed by atoms with Crippen LogP contribution in [-0.2, 0) is 4.79 Å². The van der Waals surface area contributed by atoms with Crippen molar-refractivity contribution >= 4 is 74.2 Å². The van der Waals surface area contributed by atoms with Gasteiger partial charge in [0.05, 0.1) is 11.6 Å². The molecule has 3 rings (SSSR count). The van der Waals surface area contributed by atoms with Crippen LogP contribution in [0.4, 0.5) is 11.4 Å². The highest BCUT2D eigenvalue weighted by Crippen LogP contribution is 2.33. The van der Waals surface area contributed by atoms with Crippen LogP contribution in [0.3, 0.4) is 0 Å². The first-order valence-corrected chi connectivity index (χ1v) is 11.4. The second-order valence-electron chi connectivity index (χ2n) is 6.19. The maximum atomic E-state index is 12.8. The number of para-hydroxylation sites is 1. The molecule has 1 N–H and O–H groups in total. The molecule has 1 saturated heterocycles. The standard InChI is InChI=1S/C21H22IN3OS2/c1-3-24(4-2)16-11-9-15(10-12-16)13-19-20(26)25(21(27)28-19)14-23-18-8-6-5-7-17(18)22/h5-13,23H,3-4,14H2,1-2H3. The molecule has 2 aromatic carbocycles. The fourth-order valence-electron chi connectivity index (χ4n) is 2.93. The Bertz CT molecular complexity index is 895. The Morgan fingerprint density at radius 1 is 1.14 bits per heavy atom. The van der Waals surface area contributed by atoms with Gasteiger partial charge in [0.25, 0.3) is 5.91 Å². The van der Waals surface area contributed by atoms with Gasteiger partial charge in [-0.25, -0.2) is 0 Å². The topological polar surface area (TPSA) is 35.6 Å². The first-order valence-electron chi connectivity index (χ1n) is 9.12. The molecule has 2 aromatic rings. The Kier molecular flexibility index (Phi) is 7.36. The quantitative estimate of drug-likeness (QED) is 0.299. The van der Waals surface area contributed by atoms with Crippen LogP contribution in [0.5, 0.6) is 0 Å². The lowest BCUT2D eigenvalue weighted by molar-refractivity contribution is -0.121. The van der Waals surface area contributed by atoms with Crippen molar-refractivity contribution in [1.29, 1.82) is 0 Å². The van der Waals surface area contributed by atoms with Gasteiger partial charge in [-0.15, -0.1) is 0 Å². The summed E-state index contributed by atoms with van der Waals surface area (Å²) in [4.78, 5) is 17.4. The van der Waals surface area contributed by atoms with Crippen molar-refractivity contribution in [1.82, 2.24) is 4.90 Å². The number of anilines is 2. The van der Waals surface area contributed by atoms with E-state index in [0.717, 1.165) is 27.9 Å². The van der Waals surface area contributed by atoms with Crippen LogP contribution in [-0.4, -0.2) is 34.9 Å². The minimum Gasteiger partial charge on any atom is -0.372 e. The van der Waals surface area contributed by atoms with E-state index in [9.17, 15) is 4.79 Å². The van der Waals surface area contributed by atoms with Crippen molar-refractivity contribution in [3.8, 4) is 0 Å². The Balaban J connectivity index is 1.69. The van der Waals surface area contributed by atoms with Crippen molar-refractivity contribution in [2.75, 3.05) is 30.0 Å². The lowest BCUT2D eigenvalue weighted by Crippen LogP contribution is -2.33. The van der Waals surface area contributed by atoms with Crippen LogP contribution in [0.1, 0.15) is 19.4 Å². The number of carbonyl (C=O) groups is 1. The molecule has 0 bridgehead atoms. The number of amides is 1. The maximum absolute atomic E-state index is 12.8. The number of nitrogens with one attached hydrogen (secondary N) is 1. The minimum absolute atomic E-state index is 0.0544. The molecule has 1 heterocycles. The molecule has 1 aliphatic rings. The predicted octanol–water partition coefficient (Wildman–Crippen LogP) is 5.41. The zero-order valence-electron chi connectivity index (χ0n) is 15.8.